The summed E-state index contributed by atoms with van der Waals surface area (Å²) in [5.74, 6) is -0.209. The molecule has 0 aliphatic heterocycles. The third-order valence-corrected chi connectivity index (χ3v) is 3.63. The van der Waals surface area contributed by atoms with E-state index in [0.29, 0.717) is 16.3 Å². The van der Waals surface area contributed by atoms with Crippen molar-refractivity contribution in [2.45, 2.75) is 6.92 Å². The molecular weight excluding hydrogens is 377 g/mol. The Bertz CT molecular complexity index is 643. The number of carbonyl (C=O) groups excluding carboxylic acids is 1. The van der Waals surface area contributed by atoms with Gasteiger partial charge in [-0.15, -0.1) is 0 Å². The summed E-state index contributed by atoms with van der Waals surface area (Å²) in [5.41, 5.74) is 1.66. The molecule has 0 aliphatic carbocycles. The summed E-state index contributed by atoms with van der Waals surface area (Å²) >= 11 is 8.19. The van der Waals surface area contributed by atoms with Crippen LogP contribution in [0.2, 0.25) is 5.02 Å². The molecule has 0 fully saturated rings. The van der Waals surface area contributed by atoms with Crippen molar-refractivity contribution >= 4 is 45.8 Å². The lowest BCUT2D eigenvalue weighted by atomic mass is 10.1. The molecule has 19 heavy (non-hydrogen) atoms. The predicted molar refractivity (Wildman–Crippen MR) is 85.0 cm³/mol. The first-order chi connectivity index (χ1) is 8.97. The fourth-order valence-corrected chi connectivity index (χ4v) is 2.44. The minimum absolute atomic E-state index is 0.0985. The van der Waals surface area contributed by atoms with Gasteiger partial charge in [0, 0.05) is 9.13 Å². The number of aromatic hydroxyl groups is 1. The summed E-state index contributed by atoms with van der Waals surface area (Å²) in [6, 6.07) is 10.2. The highest BCUT2D eigenvalue weighted by molar-refractivity contribution is 14.1. The first-order valence-electron chi connectivity index (χ1n) is 5.53. The van der Waals surface area contributed by atoms with Gasteiger partial charge in [-0.25, -0.2) is 0 Å². The number of anilines is 1. The molecule has 0 aromatic heterocycles. The van der Waals surface area contributed by atoms with E-state index < -0.39 is 0 Å². The number of phenolic OH excluding ortho intramolecular Hbond substituents is 1. The number of halogens is 2. The molecule has 2 aromatic carbocycles. The zero-order valence-corrected chi connectivity index (χ0v) is 13.0. The normalized spacial score (nSPS) is 10.3. The van der Waals surface area contributed by atoms with Crippen molar-refractivity contribution in [2.24, 2.45) is 0 Å². The first-order valence-corrected chi connectivity index (χ1v) is 6.99. The zero-order chi connectivity index (χ0) is 14.0. The van der Waals surface area contributed by atoms with Crippen LogP contribution in [0.15, 0.2) is 36.4 Å². The average molecular weight is 388 g/mol. The Hall–Kier alpha value is -1.27. The lowest BCUT2D eigenvalue weighted by Crippen LogP contribution is -2.12. The Morgan fingerprint density at radius 1 is 1.26 bits per heavy atom. The van der Waals surface area contributed by atoms with Crippen LogP contribution in [-0.2, 0) is 0 Å². The smallest absolute Gasteiger partial charge is 0.255 e. The molecule has 2 rings (SSSR count). The van der Waals surface area contributed by atoms with E-state index in [9.17, 15) is 9.90 Å². The third-order valence-electron chi connectivity index (χ3n) is 2.65. The predicted octanol–water partition coefficient (Wildman–Crippen LogP) is 4.21. The summed E-state index contributed by atoms with van der Waals surface area (Å²) in [6.07, 6.45) is 0. The van der Waals surface area contributed by atoms with Gasteiger partial charge < -0.3 is 10.4 Å². The van der Waals surface area contributed by atoms with E-state index in [1.807, 2.05) is 6.07 Å². The third kappa shape index (κ3) is 3.39. The summed E-state index contributed by atoms with van der Waals surface area (Å²) in [5, 5.41) is 12.8. The molecule has 0 saturated carbocycles. The van der Waals surface area contributed by atoms with Gasteiger partial charge >= 0.3 is 0 Å². The van der Waals surface area contributed by atoms with Crippen LogP contribution in [0.3, 0.4) is 0 Å². The van der Waals surface area contributed by atoms with Crippen molar-refractivity contribution in [1.82, 2.24) is 0 Å². The summed E-state index contributed by atoms with van der Waals surface area (Å²) in [6.45, 7) is 1.77. The molecule has 0 bridgehead atoms. The van der Waals surface area contributed by atoms with Crippen LogP contribution in [0.1, 0.15) is 15.9 Å². The number of amides is 1. The van der Waals surface area contributed by atoms with E-state index in [1.54, 1.807) is 31.2 Å². The quantitative estimate of drug-likeness (QED) is 0.758. The molecule has 0 radical (unpaired) electrons. The van der Waals surface area contributed by atoms with Gasteiger partial charge in [0.1, 0.15) is 5.75 Å². The van der Waals surface area contributed by atoms with Crippen molar-refractivity contribution < 1.29 is 9.90 Å². The van der Waals surface area contributed by atoms with Crippen LogP contribution in [0, 0.1) is 10.5 Å². The first kappa shape index (κ1) is 14.1. The van der Waals surface area contributed by atoms with Crippen LogP contribution < -0.4 is 5.32 Å². The fraction of sp³-hybridized carbons (Fsp3) is 0.0714. The van der Waals surface area contributed by atoms with Crippen LogP contribution in [-0.4, -0.2) is 11.0 Å². The molecule has 5 heteroatoms. The number of aryl methyl sites for hydroxylation is 1. The minimum Gasteiger partial charge on any atom is -0.508 e. The molecule has 0 heterocycles. The largest absolute Gasteiger partial charge is 0.508 e. The van der Waals surface area contributed by atoms with E-state index in [2.05, 4.69) is 27.9 Å². The number of phenols is 1. The topological polar surface area (TPSA) is 49.3 Å². The fourth-order valence-electron chi connectivity index (χ4n) is 1.54. The van der Waals surface area contributed by atoms with E-state index in [4.69, 9.17) is 11.6 Å². The maximum Gasteiger partial charge on any atom is 0.255 e. The van der Waals surface area contributed by atoms with Gasteiger partial charge in [-0.05, 0) is 65.4 Å². The van der Waals surface area contributed by atoms with E-state index in [1.165, 1.54) is 6.07 Å². The highest BCUT2D eigenvalue weighted by Gasteiger charge is 2.10. The van der Waals surface area contributed by atoms with Gasteiger partial charge in [0.2, 0.25) is 0 Å². The maximum atomic E-state index is 12.0. The van der Waals surface area contributed by atoms with Gasteiger partial charge in [-0.1, -0.05) is 17.7 Å². The van der Waals surface area contributed by atoms with Gasteiger partial charge in [-0.2, -0.15) is 0 Å². The van der Waals surface area contributed by atoms with E-state index in [0.717, 1.165) is 9.13 Å². The SMILES string of the molecule is Cc1ccc(C(=O)Nc2ccc(I)cc2Cl)cc1O. The number of nitrogens with one attached hydrogen (secondary N) is 1. The standard InChI is InChI=1S/C14H11ClINO2/c1-8-2-3-9(6-13(8)18)14(19)17-12-5-4-10(16)7-11(12)15/h2-7,18H,1H3,(H,17,19). The molecule has 2 aromatic rings. The van der Waals surface area contributed by atoms with Crippen LogP contribution >= 0.6 is 34.2 Å². The second-order valence-electron chi connectivity index (χ2n) is 4.08. The highest BCUT2D eigenvalue weighted by Crippen LogP contribution is 2.25. The maximum absolute atomic E-state index is 12.0. The Balaban J connectivity index is 2.23. The minimum atomic E-state index is -0.307. The molecular formula is C14H11ClINO2. The molecule has 0 atom stereocenters. The number of benzene rings is 2. The molecule has 0 spiro atoms. The monoisotopic (exact) mass is 387 g/mol. The van der Waals surface area contributed by atoms with Gasteiger partial charge in [0.15, 0.2) is 0 Å². The van der Waals surface area contributed by atoms with Crippen molar-refractivity contribution in [3.05, 3.63) is 56.1 Å². The molecule has 2 N–H and O–H groups in total. The van der Waals surface area contributed by atoms with Gasteiger partial charge in [0.05, 0.1) is 10.7 Å². The number of carbonyl (C=O) groups is 1. The Morgan fingerprint density at radius 2 is 2.00 bits per heavy atom. The molecule has 0 unspecified atom stereocenters. The Morgan fingerprint density at radius 3 is 2.63 bits per heavy atom. The van der Waals surface area contributed by atoms with Crippen molar-refractivity contribution in [1.29, 1.82) is 0 Å². The summed E-state index contributed by atoms with van der Waals surface area (Å²) in [7, 11) is 0. The Kier molecular flexibility index (Phi) is 4.31. The second-order valence-corrected chi connectivity index (χ2v) is 5.73. The van der Waals surface area contributed by atoms with Crippen LogP contribution in [0.25, 0.3) is 0 Å². The number of rotatable bonds is 2. The lowest BCUT2D eigenvalue weighted by molar-refractivity contribution is 0.102. The molecule has 0 saturated heterocycles. The summed E-state index contributed by atoms with van der Waals surface area (Å²) < 4.78 is 0.994. The second kappa shape index (κ2) is 5.79. The highest BCUT2D eigenvalue weighted by atomic mass is 127. The average Bonchev–Trinajstić information content (AvgIpc) is 2.36. The van der Waals surface area contributed by atoms with Crippen molar-refractivity contribution in [2.75, 3.05) is 5.32 Å². The zero-order valence-electron chi connectivity index (χ0n) is 10.1. The van der Waals surface area contributed by atoms with Crippen LogP contribution in [0.4, 0.5) is 5.69 Å². The molecule has 98 valence electrons. The Labute approximate surface area is 129 Å². The van der Waals surface area contributed by atoms with Crippen molar-refractivity contribution in [3.8, 4) is 5.75 Å². The molecule has 0 aliphatic rings. The lowest BCUT2D eigenvalue weighted by Gasteiger charge is -2.08. The van der Waals surface area contributed by atoms with Crippen LogP contribution in [0.5, 0.6) is 5.75 Å². The summed E-state index contributed by atoms with van der Waals surface area (Å²) in [4.78, 5) is 12.0. The molecule has 3 nitrogen and oxygen atoms in total. The van der Waals surface area contributed by atoms with Gasteiger partial charge in [0.25, 0.3) is 5.91 Å². The molecule has 1 amide bonds. The van der Waals surface area contributed by atoms with E-state index in [-0.39, 0.29) is 11.7 Å². The van der Waals surface area contributed by atoms with Gasteiger partial charge in [-0.3, -0.25) is 4.79 Å². The number of hydrogen-bond donors (Lipinski definition) is 2. The van der Waals surface area contributed by atoms with Crippen molar-refractivity contribution in [3.63, 3.8) is 0 Å². The van der Waals surface area contributed by atoms with E-state index >= 15 is 0 Å². The number of hydrogen-bond acceptors (Lipinski definition) is 2.